The molecule has 0 aliphatic heterocycles. The maximum absolute atomic E-state index is 12.1. The predicted molar refractivity (Wildman–Crippen MR) is 71.9 cm³/mol. The largest absolute Gasteiger partial charge is 0.369 e. The van der Waals surface area contributed by atoms with Gasteiger partial charge in [0.2, 0.25) is 11.8 Å². The van der Waals surface area contributed by atoms with Crippen molar-refractivity contribution in [3.63, 3.8) is 0 Å². The molecule has 0 atom stereocenters. The second kappa shape index (κ2) is 5.70. The lowest BCUT2D eigenvalue weighted by Crippen LogP contribution is -2.50. The van der Waals surface area contributed by atoms with Gasteiger partial charge < -0.3 is 5.73 Å². The quantitative estimate of drug-likeness (QED) is 0.760. The van der Waals surface area contributed by atoms with Crippen LogP contribution < -0.4 is 10.5 Å². The van der Waals surface area contributed by atoms with E-state index in [9.17, 15) is 18.0 Å². The summed E-state index contributed by atoms with van der Waals surface area (Å²) in [5.74, 6) is -1.70. The SMILES string of the molecule is CCC(CC)(C(N)=O)C(=O)NS(=O)(=O)c1cccs1. The Balaban J connectivity index is 3.05. The van der Waals surface area contributed by atoms with Crippen molar-refractivity contribution in [2.75, 3.05) is 0 Å². The van der Waals surface area contributed by atoms with Crippen LogP contribution in [0.2, 0.25) is 0 Å². The number of carbonyl (C=O) groups is 2. The molecule has 0 aromatic carbocycles. The van der Waals surface area contributed by atoms with Gasteiger partial charge in [0.05, 0.1) is 0 Å². The van der Waals surface area contributed by atoms with E-state index in [4.69, 9.17) is 5.73 Å². The highest BCUT2D eigenvalue weighted by atomic mass is 32.2. The number of nitrogens with two attached hydrogens (primary N) is 1. The first-order chi connectivity index (χ1) is 8.80. The fourth-order valence-electron chi connectivity index (χ4n) is 1.72. The van der Waals surface area contributed by atoms with Gasteiger partial charge >= 0.3 is 0 Å². The fourth-order valence-corrected chi connectivity index (χ4v) is 3.76. The zero-order chi connectivity index (χ0) is 14.7. The Bertz CT molecular complexity index is 560. The molecule has 1 aromatic rings. The number of thiophene rings is 1. The molecule has 0 fully saturated rings. The van der Waals surface area contributed by atoms with Gasteiger partial charge in [-0.1, -0.05) is 19.9 Å². The van der Waals surface area contributed by atoms with Gasteiger partial charge in [-0.05, 0) is 24.3 Å². The lowest BCUT2D eigenvalue weighted by Gasteiger charge is -2.26. The van der Waals surface area contributed by atoms with E-state index in [0.717, 1.165) is 11.3 Å². The standard InChI is InChI=1S/C11H16N2O4S2/c1-3-11(4-2,9(12)14)10(15)13-19(16,17)8-6-5-7-18-8/h5-7H,3-4H2,1-2H3,(H2,12,14)(H,13,15). The molecule has 8 heteroatoms. The highest BCUT2D eigenvalue weighted by molar-refractivity contribution is 7.92. The molecule has 0 spiro atoms. The first kappa shape index (κ1) is 15.6. The zero-order valence-electron chi connectivity index (χ0n) is 10.7. The summed E-state index contributed by atoms with van der Waals surface area (Å²) in [6.07, 6.45) is 0.287. The molecule has 3 N–H and O–H groups in total. The van der Waals surface area contributed by atoms with E-state index in [1.165, 1.54) is 6.07 Å². The minimum absolute atomic E-state index is 0.0198. The highest BCUT2D eigenvalue weighted by Gasteiger charge is 2.42. The monoisotopic (exact) mass is 304 g/mol. The Morgan fingerprint density at radius 3 is 2.32 bits per heavy atom. The van der Waals surface area contributed by atoms with Crippen molar-refractivity contribution in [2.45, 2.75) is 30.9 Å². The van der Waals surface area contributed by atoms with Crippen LogP contribution in [0.4, 0.5) is 0 Å². The normalized spacial score (nSPS) is 12.1. The molecule has 1 rings (SSSR count). The summed E-state index contributed by atoms with van der Waals surface area (Å²) < 4.78 is 25.8. The summed E-state index contributed by atoms with van der Waals surface area (Å²) in [5, 5.41) is 1.58. The third kappa shape index (κ3) is 2.95. The molecular formula is C11H16N2O4S2. The number of rotatable bonds is 6. The van der Waals surface area contributed by atoms with Gasteiger partial charge in [-0.2, -0.15) is 0 Å². The Morgan fingerprint density at radius 2 is 1.95 bits per heavy atom. The summed E-state index contributed by atoms with van der Waals surface area (Å²) in [4.78, 5) is 23.6. The van der Waals surface area contributed by atoms with E-state index in [2.05, 4.69) is 0 Å². The van der Waals surface area contributed by atoms with Crippen LogP contribution >= 0.6 is 11.3 Å². The van der Waals surface area contributed by atoms with Crippen LogP contribution in [-0.4, -0.2) is 20.2 Å². The minimum Gasteiger partial charge on any atom is -0.369 e. The molecule has 0 aliphatic carbocycles. The molecule has 6 nitrogen and oxygen atoms in total. The molecule has 106 valence electrons. The summed E-state index contributed by atoms with van der Waals surface area (Å²) in [7, 11) is -3.94. The van der Waals surface area contributed by atoms with Crippen molar-refractivity contribution in [3.8, 4) is 0 Å². The van der Waals surface area contributed by atoms with Gasteiger partial charge in [-0.15, -0.1) is 11.3 Å². The van der Waals surface area contributed by atoms with Crippen LogP contribution in [0.1, 0.15) is 26.7 Å². The van der Waals surface area contributed by atoms with Gasteiger partial charge in [0.1, 0.15) is 9.62 Å². The van der Waals surface area contributed by atoms with Gasteiger partial charge in [-0.25, -0.2) is 13.1 Å². The molecule has 0 bridgehead atoms. The number of hydrogen-bond donors (Lipinski definition) is 2. The maximum Gasteiger partial charge on any atom is 0.273 e. The molecule has 0 saturated carbocycles. The van der Waals surface area contributed by atoms with E-state index < -0.39 is 27.3 Å². The average Bonchev–Trinajstić information content (AvgIpc) is 2.84. The van der Waals surface area contributed by atoms with Crippen LogP contribution in [-0.2, 0) is 19.6 Å². The Hall–Kier alpha value is -1.41. The molecule has 19 heavy (non-hydrogen) atoms. The number of hydrogen-bond acceptors (Lipinski definition) is 5. The number of primary amides is 1. The van der Waals surface area contributed by atoms with Crippen molar-refractivity contribution >= 4 is 33.2 Å². The minimum atomic E-state index is -3.94. The topological polar surface area (TPSA) is 106 Å². The fraction of sp³-hybridized carbons (Fsp3) is 0.455. The van der Waals surface area contributed by atoms with Crippen molar-refractivity contribution in [3.05, 3.63) is 17.5 Å². The van der Waals surface area contributed by atoms with Crippen LogP contribution in [0, 0.1) is 5.41 Å². The second-order valence-electron chi connectivity index (χ2n) is 4.02. The van der Waals surface area contributed by atoms with Crippen molar-refractivity contribution < 1.29 is 18.0 Å². The molecule has 2 amide bonds. The summed E-state index contributed by atoms with van der Waals surface area (Å²) >= 11 is 0.987. The molecular weight excluding hydrogens is 288 g/mol. The zero-order valence-corrected chi connectivity index (χ0v) is 12.3. The molecule has 0 unspecified atom stereocenters. The predicted octanol–water partition coefficient (Wildman–Crippen LogP) is 0.845. The van der Waals surface area contributed by atoms with Gasteiger partial charge in [-0.3, -0.25) is 9.59 Å². The van der Waals surface area contributed by atoms with Crippen LogP contribution in [0.25, 0.3) is 0 Å². The molecule has 0 saturated heterocycles. The molecule has 1 aromatic heterocycles. The lowest BCUT2D eigenvalue weighted by molar-refractivity contribution is -0.141. The summed E-state index contributed by atoms with van der Waals surface area (Å²) in [6, 6.07) is 2.94. The van der Waals surface area contributed by atoms with Gasteiger partial charge in [0, 0.05) is 0 Å². The molecule has 0 radical (unpaired) electrons. The van der Waals surface area contributed by atoms with E-state index in [1.54, 1.807) is 25.3 Å². The number of carbonyl (C=O) groups excluding carboxylic acids is 2. The van der Waals surface area contributed by atoms with Crippen LogP contribution in [0.15, 0.2) is 21.7 Å². The Kier molecular flexibility index (Phi) is 4.70. The average molecular weight is 304 g/mol. The van der Waals surface area contributed by atoms with Gasteiger partial charge in [0.15, 0.2) is 0 Å². The number of sulfonamides is 1. The second-order valence-corrected chi connectivity index (χ2v) is 6.88. The highest BCUT2D eigenvalue weighted by Crippen LogP contribution is 2.27. The van der Waals surface area contributed by atoms with Crippen molar-refractivity contribution in [1.29, 1.82) is 0 Å². The van der Waals surface area contributed by atoms with Crippen molar-refractivity contribution in [2.24, 2.45) is 11.1 Å². The van der Waals surface area contributed by atoms with E-state index >= 15 is 0 Å². The lowest BCUT2D eigenvalue weighted by atomic mass is 9.81. The number of amides is 2. The van der Waals surface area contributed by atoms with Crippen LogP contribution in [0.3, 0.4) is 0 Å². The first-order valence-corrected chi connectivity index (χ1v) is 8.07. The smallest absolute Gasteiger partial charge is 0.273 e. The van der Waals surface area contributed by atoms with Gasteiger partial charge in [0.25, 0.3) is 10.0 Å². The Labute approximate surface area is 116 Å². The van der Waals surface area contributed by atoms with E-state index in [1.807, 2.05) is 4.72 Å². The maximum atomic E-state index is 12.1. The third-order valence-electron chi connectivity index (χ3n) is 3.10. The first-order valence-electron chi connectivity index (χ1n) is 5.70. The Morgan fingerprint density at radius 1 is 1.37 bits per heavy atom. The third-order valence-corrected chi connectivity index (χ3v) is 5.83. The summed E-state index contributed by atoms with van der Waals surface area (Å²) in [6.45, 7) is 3.23. The summed E-state index contributed by atoms with van der Waals surface area (Å²) in [5.41, 5.74) is 3.74. The molecule has 0 aliphatic rings. The number of nitrogens with one attached hydrogen (secondary N) is 1. The van der Waals surface area contributed by atoms with E-state index in [0.29, 0.717) is 0 Å². The van der Waals surface area contributed by atoms with Crippen molar-refractivity contribution in [1.82, 2.24) is 4.72 Å². The van der Waals surface area contributed by atoms with E-state index in [-0.39, 0.29) is 17.1 Å². The molecule has 1 heterocycles. The van der Waals surface area contributed by atoms with Crippen LogP contribution in [0.5, 0.6) is 0 Å².